The van der Waals surface area contributed by atoms with E-state index in [1.165, 1.54) is 0 Å². The monoisotopic (exact) mass is 283 g/mol. The van der Waals surface area contributed by atoms with Crippen molar-refractivity contribution in [2.75, 3.05) is 39.1 Å². The molecule has 19 heavy (non-hydrogen) atoms. The Morgan fingerprint density at radius 1 is 1.21 bits per heavy atom. The Balaban J connectivity index is 2.70. The first-order valence-electron chi connectivity index (χ1n) is 6.84. The van der Waals surface area contributed by atoms with Crippen LogP contribution in [0.4, 0.5) is 5.69 Å². The maximum atomic E-state index is 6.34. The number of halogens is 1. The molecule has 0 radical (unpaired) electrons. The van der Waals surface area contributed by atoms with Crippen molar-refractivity contribution >= 4 is 17.3 Å². The molecule has 0 aromatic heterocycles. The van der Waals surface area contributed by atoms with Crippen LogP contribution >= 0.6 is 11.6 Å². The molecule has 108 valence electrons. The van der Waals surface area contributed by atoms with Gasteiger partial charge in [0.25, 0.3) is 0 Å². The van der Waals surface area contributed by atoms with Crippen LogP contribution in [0.5, 0.6) is 0 Å². The van der Waals surface area contributed by atoms with Crippen LogP contribution in [0, 0.1) is 0 Å². The van der Waals surface area contributed by atoms with Gasteiger partial charge in [-0.25, -0.2) is 0 Å². The Kier molecular flexibility index (Phi) is 6.63. The Morgan fingerprint density at radius 3 is 2.42 bits per heavy atom. The molecule has 1 unspecified atom stereocenters. The lowest BCUT2D eigenvalue weighted by molar-refractivity contribution is 0.416. The van der Waals surface area contributed by atoms with Crippen LogP contribution in [0.25, 0.3) is 0 Å². The van der Waals surface area contributed by atoms with Crippen molar-refractivity contribution in [1.82, 2.24) is 4.90 Å². The molecule has 4 heteroatoms. The van der Waals surface area contributed by atoms with Crippen LogP contribution in [0.2, 0.25) is 5.02 Å². The molecule has 0 fully saturated rings. The average Bonchev–Trinajstić information content (AvgIpc) is 2.37. The van der Waals surface area contributed by atoms with Gasteiger partial charge in [0.1, 0.15) is 0 Å². The van der Waals surface area contributed by atoms with E-state index in [0.29, 0.717) is 0 Å². The fourth-order valence-corrected chi connectivity index (χ4v) is 2.10. The second kappa shape index (κ2) is 7.73. The van der Waals surface area contributed by atoms with E-state index in [-0.39, 0.29) is 6.04 Å². The van der Waals surface area contributed by atoms with E-state index in [2.05, 4.69) is 50.0 Å². The lowest BCUT2D eigenvalue weighted by atomic mass is 10.0. The van der Waals surface area contributed by atoms with E-state index in [1.807, 2.05) is 6.07 Å². The van der Waals surface area contributed by atoms with E-state index < -0.39 is 0 Å². The molecule has 1 aromatic rings. The van der Waals surface area contributed by atoms with Crippen molar-refractivity contribution in [2.45, 2.75) is 25.8 Å². The second-order valence-corrected chi connectivity index (χ2v) is 5.78. The van der Waals surface area contributed by atoms with Crippen molar-refractivity contribution < 1.29 is 0 Å². The summed E-state index contributed by atoms with van der Waals surface area (Å²) in [5, 5.41) is 0.818. The van der Waals surface area contributed by atoms with Gasteiger partial charge >= 0.3 is 0 Å². The van der Waals surface area contributed by atoms with Crippen LogP contribution < -0.4 is 10.6 Å². The number of nitrogens with zero attached hydrogens (tertiary/aromatic N) is 2. The quantitative estimate of drug-likeness (QED) is 0.835. The van der Waals surface area contributed by atoms with Gasteiger partial charge in [-0.1, -0.05) is 24.6 Å². The van der Waals surface area contributed by atoms with Gasteiger partial charge in [0.05, 0.1) is 0 Å². The van der Waals surface area contributed by atoms with Crippen molar-refractivity contribution in [3.8, 4) is 0 Å². The highest BCUT2D eigenvalue weighted by molar-refractivity contribution is 6.31. The zero-order valence-electron chi connectivity index (χ0n) is 12.5. The Morgan fingerprint density at radius 2 is 1.89 bits per heavy atom. The lowest BCUT2D eigenvalue weighted by Crippen LogP contribution is -2.28. The predicted molar refractivity (Wildman–Crippen MR) is 85.2 cm³/mol. The standard InChI is InChI=1S/C15H26ClN3/c1-5-13(17)10-12-6-7-14(11-15(12)16)19(4)9-8-18(2)3/h6-7,11,13H,5,8-10,17H2,1-4H3. The van der Waals surface area contributed by atoms with Gasteiger partial charge in [-0.15, -0.1) is 0 Å². The third-order valence-electron chi connectivity index (χ3n) is 3.37. The molecule has 0 aliphatic rings. The summed E-state index contributed by atoms with van der Waals surface area (Å²) in [6.45, 7) is 4.11. The van der Waals surface area contributed by atoms with Crippen molar-refractivity contribution in [1.29, 1.82) is 0 Å². The number of anilines is 1. The van der Waals surface area contributed by atoms with E-state index >= 15 is 0 Å². The van der Waals surface area contributed by atoms with Crippen molar-refractivity contribution in [2.24, 2.45) is 5.73 Å². The van der Waals surface area contributed by atoms with Crippen LogP contribution in [0.1, 0.15) is 18.9 Å². The van der Waals surface area contributed by atoms with Gasteiger partial charge < -0.3 is 15.5 Å². The zero-order valence-corrected chi connectivity index (χ0v) is 13.2. The Labute approximate surface area is 122 Å². The molecule has 0 aliphatic heterocycles. The third-order valence-corrected chi connectivity index (χ3v) is 3.72. The topological polar surface area (TPSA) is 32.5 Å². The first kappa shape index (κ1) is 16.3. The van der Waals surface area contributed by atoms with Crippen LogP contribution in [-0.4, -0.2) is 45.2 Å². The number of hydrogen-bond acceptors (Lipinski definition) is 3. The van der Waals surface area contributed by atoms with Crippen LogP contribution in [0.15, 0.2) is 18.2 Å². The number of nitrogens with two attached hydrogens (primary N) is 1. The molecule has 1 atom stereocenters. The molecule has 2 N–H and O–H groups in total. The number of likely N-dealkylation sites (N-methyl/N-ethyl adjacent to an activating group) is 2. The summed E-state index contributed by atoms with van der Waals surface area (Å²) in [6.07, 6.45) is 1.82. The van der Waals surface area contributed by atoms with E-state index in [1.54, 1.807) is 0 Å². The number of rotatable bonds is 7. The van der Waals surface area contributed by atoms with Crippen LogP contribution in [0.3, 0.4) is 0 Å². The Hall–Kier alpha value is -0.770. The van der Waals surface area contributed by atoms with Gasteiger partial charge in [-0.3, -0.25) is 0 Å². The minimum atomic E-state index is 0.190. The molecular weight excluding hydrogens is 258 g/mol. The molecule has 0 saturated carbocycles. The van der Waals surface area contributed by atoms with Gasteiger partial charge in [0.2, 0.25) is 0 Å². The number of hydrogen-bond donors (Lipinski definition) is 1. The molecule has 1 rings (SSSR count). The maximum Gasteiger partial charge on any atom is 0.0459 e. The highest BCUT2D eigenvalue weighted by Gasteiger charge is 2.08. The van der Waals surface area contributed by atoms with Gasteiger partial charge in [0, 0.05) is 36.9 Å². The first-order chi connectivity index (χ1) is 8.93. The molecule has 0 saturated heterocycles. The Bertz CT molecular complexity index is 393. The minimum absolute atomic E-state index is 0.190. The summed E-state index contributed by atoms with van der Waals surface area (Å²) in [4.78, 5) is 4.39. The molecule has 0 heterocycles. The molecule has 1 aromatic carbocycles. The molecule has 3 nitrogen and oxygen atoms in total. The highest BCUT2D eigenvalue weighted by Crippen LogP contribution is 2.24. The third kappa shape index (κ3) is 5.39. The molecule has 0 spiro atoms. The van der Waals surface area contributed by atoms with Gasteiger partial charge in [-0.2, -0.15) is 0 Å². The first-order valence-corrected chi connectivity index (χ1v) is 7.21. The maximum absolute atomic E-state index is 6.34. The summed E-state index contributed by atoms with van der Waals surface area (Å²) in [5.74, 6) is 0. The minimum Gasteiger partial charge on any atom is -0.373 e. The smallest absolute Gasteiger partial charge is 0.0459 e. The highest BCUT2D eigenvalue weighted by atomic mass is 35.5. The summed E-state index contributed by atoms with van der Waals surface area (Å²) >= 11 is 6.34. The molecule has 0 aliphatic carbocycles. The largest absolute Gasteiger partial charge is 0.373 e. The van der Waals surface area contributed by atoms with E-state index in [0.717, 1.165) is 42.2 Å². The van der Waals surface area contributed by atoms with Crippen LogP contribution in [-0.2, 0) is 6.42 Å². The van der Waals surface area contributed by atoms with E-state index in [4.69, 9.17) is 17.3 Å². The molecule has 0 amide bonds. The molecular formula is C15H26ClN3. The van der Waals surface area contributed by atoms with Gasteiger partial charge in [-0.05, 0) is 44.6 Å². The zero-order chi connectivity index (χ0) is 14.4. The fraction of sp³-hybridized carbons (Fsp3) is 0.600. The van der Waals surface area contributed by atoms with Crippen molar-refractivity contribution in [3.05, 3.63) is 28.8 Å². The normalized spacial score (nSPS) is 12.8. The van der Waals surface area contributed by atoms with Crippen molar-refractivity contribution in [3.63, 3.8) is 0 Å². The summed E-state index contributed by atoms with van der Waals surface area (Å²) in [7, 11) is 6.25. The predicted octanol–water partition coefficient (Wildman–Crippen LogP) is 2.62. The summed E-state index contributed by atoms with van der Waals surface area (Å²) in [5.41, 5.74) is 8.27. The fourth-order valence-electron chi connectivity index (χ4n) is 1.85. The molecule has 0 bridgehead atoms. The lowest BCUT2D eigenvalue weighted by Gasteiger charge is -2.22. The summed E-state index contributed by atoms with van der Waals surface area (Å²) in [6, 6.07) is 6.45. The van der Waals surface area contributed by atoms with Gasteiger partial charge in [0.15, 0.2) is 0 Å². The second-order valence-electron chi connectivity index (χ2n) is 5.37. The number of benzene rings is 1. The summed E-state index contributed by atoms with van der Waals surface area (Å²) < 4.78 is 0. The van der Waals surface area contributed by atoms with E-state index in [9.17, 15) is 0 Å². The SMILES string of the molecule is CCC(N)Cc1ccc(N(C)CCN(C)C)cc1Cl. The average molecular weight is 284 g/mol.